The fraction of sp³-hybridized carbons (Fsp3) is 0.393. The summed E-state index contributed by atoms with van der Waals surface area (Å²) in [7, 11) is 2.14. The third-order valence-electron chi connectivity index (χ3n) is 6.99. The lowest BCUT2D eigenvalue weighted by Crippen LogP contribution is -2.45. The monoisotopic (exact) mass is 502 g/mol. The van der Waals surface area contributed by atoms with Crippen LogP contribution in [-0.4, -0.2) is 83.7 Å². The first kappa shape index (κ1) is 25.0. The second kappa shape index (κ2) is 10.7. The van der Waals surface area contributed by atoms with Crippen LogP contribution in [0.4, 0.5) is 5.69 Å². The van der Waals surface area contributed by atoms with Gasteiger partial charge in [0, 0.05) is 49.9 Å². The second-order valence-electron chi connectivity index (χ2n) is 9.96. The van der Waals surface area contributed by atoms with E-state index in [1.54, 1.807) is 24.3 Å². The molecule has 1 saturated carbocycles. The van der Waals surface area contributed by atoms with Gasteiger partial charge in [-0.2, -0.15) is 5.10 Å². The first-order valence-corrected chi connectivity index (χ1v) is 12.8. The van der Waals surface area contributed by atoms with Gasteiger partial charge in [0.1, 0.15) is 18.1 Å². The van der Waals surface area contributed by atoms with Crippen LogP contribution in [0.15, 0.2) is 48.7 Å². The van der Waals surface area contributed by atoms with E-state index in [4.69, 9.17) is 10.5 Å². The summed E-state index contributed by atoms with van der Waals surface area (Å²) in [6.45, 7) is 7.50. The Balaban J connectivity index is 1.33. The molecule has 2 aromatic carbocycles. The molecule has 2 heterocycles. The van der Waals surface area contributed by atoms with E-state index in [0.717, 1.165) is 51.1 Å². The molecule has 3 N–H and O–H groups in total. The third kappa shape index (κ3) is 5.84. The number of benzene rings is 2. The number of carbonyl (C=O) groups excluding carboxylic acids is 2. The number of anilines is 1. The molecule has 1 aromatic heterocycles. The molecule has 0 radical (unpaired) electrons. The number of carbonyl (C=O) groups is 2. The zero-order valence-corrected chi connectivity index (χ0v) is 21.4. The topological polar surface area (TPSA) is 106 Å². The summed E-state index contributed by atoms with van der Waals surface area (Å²) in [6, 6.07) is 12.8. The van der Waals surface area contributed by atoms with Gasteiger partial charge in [0.05, 0.1) is 17.6 Å². The predicted octanol–water partition coefficient (Wildman–Crippen LogP) is 2.51. The molecule has 37 heavy (non-hydrogen) atoms. The van der Waals surface area contributed by atoms with E-state index in [1.807, 2.05) is 25.1 Å². The molecular formula is C28H34N6O3. The van der Waals surface area contributed by atoms with Crippen LogP contribution in [0.5, 0.6) is 5.75 Å². The van der Waals surface area contributed by atoms with Crippen molar-refractivity contribution in [3.8, 4) is 11.4 Å². The zero-order chi connectivity index (χ0) is 25.9. The quantitative estimate of drug-likeness (QED) is 0.433. The van der Waals surface area contributed by atoms with Gasteiger partial charge in [0.2, 0.25) is 5.78 Å². The number of nitrogens with two attached hydrogens (primary N) is 1. The number of aryl methyl sites for hydroxylation is 1. The Bertz CT molecular complexity index is 1290. The highest BCUT2D eigenvalue weighted by Gasteiger charge is 2.25. The van der Waals surface area contributed by atoms with Crippen LogP contribution in [0.3, 0.4) is 0 Å². The van der Waals surface area contributed by atoms with Gasteiger partial charge in [-0.05, 0) is 56.6 Å². The number of nitrogen functional groups attached to an aromatic ring is 1. The molecule has 0 bridgehead atoms. The Morgan fingerprint density at radius 1 is 1.08 bits per heavy atom. The lowest BCUT2D eigenvalue weighted by molar-refractivity contribution is 0.0950. The van der Waals surface area contributed by atoms with E-state index < -0.39 is 0 Å². The summed E-state index contributed by atoms with van der Waals surface area (Å²) in [5.41, 5.74) is 9.27. The molecule has 5 rings (SSSR count). The van der Waals surface area contributed by atoms with Crippen LogP contribution in [0, 0.1) is 6.92 Å². The summed E-state index contributed by atoms with van der Waals surface area (Å²) in [5, 5.41) is 7.40. The first-order valence-electron chi connectivity index (χ1n) is 12.8. The van der Waals surface area contributed by atoms with Crippen molar-refractivity contribution >= 4 is 17.4 Å². The van der Waals surface area contributed by atoms with Gasteiger partial charge in [-0.3, -0.25) is 14.5 Å². The second-order valence-corrected chi connectivity index (χ2v) is 9.96. The first-order chi connectivity index (χ1) is 17.9. The molecule has 1 amide bonds. The van der Waals surface area contributed by atoms with Gasteiger partial charge >= 0.3 is 0 Å². The molecule has 0 spiro atoms. The van der Waals surface area contributed by atoms with E-state index in [9.17, 15) is 9.59 Å². The molecule has 2 aliphatic rings. The molecule has 1 aliphatic carbocycles. The van der Waals surface area contributed by atoms with Gasteiger partial charge in [-0.15, -0.1) is 0 Å². The van der Waals surface area contributed by atoms with Crippen LogP contribution >= 0.6 is 0 Å². The van der Waals surface area contributed by atoms with Gasteiger partial charge in [-0.25, -0.2) is 4.68 Å². The summed E-state index contributed by atoms with van der Waals surface area (Å²) in [4.78, 5) is 31.0. The molecule has 0 atom stereocenters. The number of ketones is 1. The number of rotatable bonds is 9. The average Bonchev–Trinajstić information content (AvgIpc) is 3.63. The van der Waals surface area contributed by atoms with Crippen LogP contribution < -0.4 is 15.8 Å². The molecular weight excluding hydrogens is 468 g/mol. The van der Waals surface area contributed by atoms with Crippen LogP contribution in [0.25, 0.3) is 5.69 Å². The van der Waals surface area contributed by atoms with Crippen LogP contribution in [0.1, 0.15) is 44.8 Å². The molecule has 9 heteroatoms. The van der Waals surface area contributed by atoms with Gasteiger partial charge in [0.25, 0.3) is 5.91 Å². The number of aromatic nitrogens is 2. The Labute approximate surface area is 217 Å². The minimum Gasteiger partial charge on any atom is -0.492 e. The number of likely N-dealkylation sites (N-methyl/N-ethyl adjacent to an activating group) is 1. The minimum atomic E-state index is -0.258. The highest BCUT2D eigenvalue weighted by atomic mass is 16.5. The van der Waals surface area contributed by atoms with E-state index in [-0.39, 0.29) is 29.1 Å². The number of nitrogens with zero attached hydrogens (tertiary/aromatic N) is 4. The largest absolute Gasteiger partial charge is 0.492 e. The number of nitrogens with one attached hydrogen (secondary N) is 1. The molecule has 3 aromatic rings. The Kier molecular flexibility index (Phi) is 7.25. The normalized spacial score (nSPS) is 16.5. The third-order valence-corrected chi connectivity index (χ3v) is 6.99. The highest BCUT2D eigenvalue weighted by molar-refractivity contribution is 6.11. The number of ether oxygens (including phenoxy) is 1. The highest BCUT2D eigenvalue weighted by Crippen LogP contribution is 2.26. The minimum absolute atomic E-state index is 0.127. The molecule has 1 saturated heterocycles. The number of hydrogen-bond donors (Lipinski definition) is 2. The predicted molar refractivity (Wildman–Crippen MR) is 143 cm³/mol. The summed E-state index contributed by atoms with van der Waals surface area (Å²) < 4.78 is 7.51. The molecule has 194 valence electrons. The smallest absolute Gasteiger partial charge is 0.251 e. The van der Waals surface area contributed by atoms with Gasteiger partial charge in [0.15, 0.2) is 0 Å². The van der Waals surface area contributed by atoms with Crippen molar-refractivity contribution in [2.24, 2.45) is 0 Å². The van der Waals surface area contributed by atoms with Crippen LogP contribution in [0.2, 0.25) is 0 Å². The molecule has 2 fully saturated rings. The zero-order valence-electron chi connectivity index (χ0n) is 21.4. The average molecular weight is 503 g/mol. The Hall–Kier alpha value is -3.69. The molecule has 1 aliphatic heterocycles. The number of piperazine rings is 1. The fourth-order valence-corrected chi connectivity index (χ4v) is 4.47. The lowest BCUT2D eigenvalue weighted by atomic mass is 10.1. The Morgan fingerprint density at radius 3 is 2.62 bits per heavy atom. The van der Waals surface area contributed by atoms with Gasteiger partial charge in [-0.1, -0.05) is 18.2 Å². The van der Waals surface area contributed by atoms with E-state index in [0.29, 0.717) is 29.2 Å². The van der Waals surface area contributed by atoms with Crippen molar-refractivity contribution in [1.29, 1.82) is 0 Å². The van der Waals surface area contributed by atoms with Crippen molar-refractivity contribution in [2.75, 3.05) is 52.1 Å². The van der Waals surface area contributed by atoms with Crippen LogP contribution in [-0.2, 0) is 0 Å². The summed E-state index contributed by atoms with van der Waals surface area (Å²) in [6.07, 6.45) is 3.49. The number of amides is 1. The van der Waals surface area contributed by atoms with Crippen molar-refractivity contribution in [2.45, 2.75) is 25.8 Å². The van der Waals surface area contributed by atoms with E-state index >= 15 is 0 Å². The van der Waals surface area contributed by atoms with Crippen molar-refractivity contribution in [3.63, 3.8) is 0 Å². The molecule has 0 unspecified atom stereocenters. The summed E-state index contributed by atoms with van der Waals surface area (Å²) >= 11 is 0. The van der Waals surface area contributed by atoms with E-state index in [1.165, 1.54) is 10.9 Å². The van der Waals surface area contributed by atoms with Crippen molar-refractivity contribution < 1.29 is 14.3 Å². The maximum absolute atomic E-state index is 13.6. The van der Waals surface area contributed by atoms with Crippen molar-refractivity contribution in [3.05, 3.63) is 71.0 Å². The fourth-order valence-electron chi connectivity index (χ4n) is 4.47. The standard InChI is InChI=1S/C28H34N6O3/c1-19-6-7-21(28(36)31-22-8-9-22)17-25(19)34-26(24(29)18-30-34)27(35)20-4-3-5-23(16-20)37-15-14-33-12-10-32(2)11-13-33/h3-7,16-18,22H,8-15,29H2,1-2H3,(H,31,36). The SMILES string of the molecule is Cc1ccc(C(=O)NC2CC2)cc1-n1ncc(N)c1C(=O)c1cccc(OCCN2CCN(C)CC2)c1. The summed E-state index contributed by atoms with van der Waals surface area (Å²) in [5.74, 6) is 0.254. The van der Waals surface area contributed by atoms with Crippen molar-refractivity contribution in [1.82, 2.24) is 24.9 Å². The van der Waals surface area contributed by atoms with E-state index in [2.05, 4.69) is 27.3 Å². The maximum atomic E-state index is 13.6. The lowest BCUT2D eigenvalue weighted by Gasteiger charge is -2.32. The maximum Gasteiger partial charge on any atom is 0.251 e. The molecule has 9 nitrogen and oxygen atoms in total. The van der Waals surface area contributed by atoms with Gasteiger partial charge < -0.3 is 20.7 Å². The number of hydrogen-bond acceptors (Lipinski definition) is 7. The Morgan fingerprint density at radius 2 is 1.86 bits per heavy atom.